The quantitative estimate of drug-likeness (QED) is 0.568. The lowest BCUT2D eigenvalue weighted by molar-refractivity contribution is -0.191. The van der Waals surface area contributed by atoms with Crippen LogP contribution in [0.4, 0.5) is 5.69 Å². The lowest BCUT2D eigenvalue weighted by Gasteiger charge is -2.24. The fourth-order valence-electron chi connectivity index (χ4n) is 3.56. The molecule has 1 amide bonds. The van der Waals surface area contributed by atoms with Crippen LogP contribution in [0, 0.1) is 12.8 Å². The monoisotopic (exact) mass is 465 g/mol. The molecule has 0 aliphatic carbocycles. The largest absolute Gasteiger partial charge is 0.491 e. The molecule has 0 fully saturated rings. The van der Waals surface area contributed by atoms with Crippen molar-refractivity contribution in [1.29, 1.82) is 0 Å². The molecule has 2 aromatic carbocycles. The van der Waals surface area contributed by atoms with Gasteiger partial charge in [-0.1, -0.05) is 19.9 Å². The van der Waals surface area contributed by atoms with Crippen LogP contribution in [-0.2, 0) is 9.59 Å². The average molecular weight is 466 g/mol. The summed E-state index contributed by atoms with van der Waals surface area (Å²) < 4.78 is 17.2. The molecule has 0 bridgehead atoms. The van der Waals surface area contributed by atoms with Gasteiger partial charge >= 0.3 is 6.15 Å². The topological polar surface area (TPSA) is 130 Å². The number of amides is 1. The number of hydrogen-bond donors (Lipinski definition) is 2. The summed E-state index contributed by atoms with van der Waals surface area (Å²) in [6.07, 6.45) is 0.250. The van der Waals surface area contributed by atoms with E-state index in [0.717, 1.165) is 16.6 Å². The number of pyridine rings is 1. The second-order valence-corrected chi connectivity index (χ2v) is 8.08. The highest BCUT2D eigenvalue weighted by Gasteiger charge is 2.21. The number of fused-ring (bicyclic) bond motifs is 2. The van der Waals surface area contributed by atoms with Crippen LogP contribution in [0.1, 0.15) is 29.9 Å². The van der Waals surface area contributed by atoms with Crippen LogP contribution in [0.2, 0.25) is 0 Å². The molecule has 34 heavy (non-hydrogen) atoms. The number of nitrogens with two attached hydrogens (primary N) is 1. The Labute approximate surface area is 197 Å². The van der Waals surface area contributed by atoms with Crippen LogP contribution in [0.3, 0.4) is 0 Å². The Kier molecular flexibility index (Phi) is 8.05. The summed E-state index contributed by atoms with van der Waals surface area (Å²) in [5, 5.41) is 3.86. The minimum Gasteiger partial charge on any atom is -0.491 e. The molecule has 1 atom stereocenters. The fourth-order valence-corrected chi connectivity index (χ4v) is 3.56. The first-order valence-corrected chi connectivity index (χ1v) is 10.8. The number of aryl methyl sites for hydroxylation is 1. The molecular formula is C25H27N3O6. The third kappa shape index (κ3) is 5.82. The first kappa shape index (κ1) is 24.5. The van der Waals surface area contributed by atoms with Gasteiger partial charge in [0.15, 0.2) is 11.5 Å². The first-order chi connectivity index (χ1) is 16.3. The molecule has 0 saturated heterocycles. The summed E-state index contributed by atoms with van der Waals surface area (Å²) in [4.78, 5) is 33.6. The van der Waals surface area contributed by atoms with Crippen molar-refractivity contribution in [2.45, 2.75) is 26.8 Å². The highest BCUT2D eigenvalue weighted by Crippen LogP contribution is 2.32. The number of aromatic nitrogens is 1. The maximum absolute atomic E-state index is 12.9. The number of anilines is 1. The van der Waals surface area contributed by atoms with Crippen molar-refractivity contribution >= 4 is 28.6 Å². The smallest absolute Gasteiger partial charge is 0.373 e. The van der Waals surface area contributed by atoms with E-state index in [2.05, 4.69) is 10.3 Å². The van der Waals surface area contributed by atoms with Gasteiger partial charge in [-0.2, -0.15) is 9.59 Å². The number of carbonyl (C=O) groups is 1. The van der Waals surface area contributed by atoms with E-state index < -0.39 is 0 Å². The third-order valence-corrected chi connectivity index (χ3v) is 5.30. The van der Waals surface area contributed by atoms with Crippen LogP contribution >= 0.6 is 0 Å². The molecule has 3 aromatic rings. The Morgan fingerprint density at radius 1 is 1.15 bits per heavy atom. The lowest BCUT2D eigenvalue weighted by atomic mass is 10.0. The Bertz CT molecular complexity index is 1200. The van der Waals surface area contributed by atoms with Crippen LogP contribution in [0.15, 0.2) is 42.5 Å². The summed E-state index contributed by atoms with van der Waals surface area (Å²) in [5.41, 5.74) is 9.01. The highest BCUT2D eigenvalue weighted by atomic mass is 16.6. The normalized spacial score (nSPS) is 12.8. The van der Waals surface area contributed by atoms with Crippen LogP contribution < -0.4 is 25.3 Å². The number of hydrogen-bond acceptors (Lipinski definition) is 8. The number of carbonyl (C=O) groups excluding carboxylic acids is 3. The van der Waals surface area contributed by atoms with Gasteiger partial charge in [-0.3, -0.25) is 9.78 Å². The van der Waals surface area contributed by atoms with E-state index in [-0.39, 0.29) is 24.0 Å². The summed E-state index contributed by atoms with van der Waals surface area (Å²) >= 11 is 0. The maximum Gasteiger partial charge on any atom is 0.373 e. The van der Waals surface area contributed by atoms with Gasteiger partial charge in [0.1, 0.15) is 25.6 Å². The van der Waals surface area contributed by atoms with E-state index in [1.165, 1.54) is 0 Å². The van der Waals surface area contributed by atoms with E-state index in [1.54, 1.807) is 18.2 Å². The van der Waals surface area contributed by atoms with Gasteiger partial charge in [0, 0.05) is 16.9 Å². The molecule has 2 heterocycles. The minimum absolute atomic E-state index is 0.161. The third-order valence-electron chi connectivity index (χ3n) is 5.30. The highest BCUT2D eigenvalue weighted by molar-refractivity contribution is 5.96. The molecule has 9 nitrogen and oxygen atoms in total. The van der Waals surface area contributed by atoms with Gasteiger partial charge in [0.25, 0.3) is 5.91 Å². The van der Waals surface area contributed by atoms with E-state index in [9.17, 15) is 4.79 Å². The van der Waals surface area contributed by atoms with E-state index in [0.29, 0.717) is 48.3 Å². The Hall–Kier alpha value is -4.10. The molecule has 0 radical (unpaired) electrons. The fraction of sp³-hybridized carbons (Fsp3) is 0.320. The SMILES string of the molecule is Cc1cc(N)c2c(OC[C@@H](NC(=O)c3ccc4c(c3)OCCO4)C(C)C)cccc2n1.O=C=O. The molecular weight excluding hydrogens is 438 g/mol. The second-order valence-electron chi connectivity index (χ2n) is 8.08. The molecule has 1 aromatic heterocycles. The molecule has 0 spiro atoms. The number of benzene rings is 2. The number of rotatable bonds is 6. The Balaban J connectivity index is 0.00000103. The molecule has 1 aliphatic heterocycles. The summed E-state index contributed by atoms with van der Waals surface area (Å²) in [7, 11) is 0. The minimum atomic E-state index is -0.199. The van der Waals surface area contributed by atoms with E-state index >= 15 is 0 Å². The van der Waals surface area contributed by atoms with Crippen molar-refractivity contribution in [3.05, 3.63) is 53.7 Å². The zero-order valence-electron chi connectivity index (χ0n) is 19.3. The molecule has 1 aliphatic rings. The Morgan fingerprint density at radius 3 is 2.56 bits per heavy atom. The van der Waals surface area contributed by atoms with Crippen molar-refractivity contribution in [1.82, 2.24) is 10.3 Å². The lowest BCUT2D eigenvalue weighted by Crippen LogP contribution is -2.42. The van der Waals surface area contributed by atoms with Gasteiger partial charge in [0.05, 0.1) is 16.9 Å². The standard InChI is InChI=1S/C24H27N3O4.CO2/c1-14(2)19(27-24(28)16-7-8-20-22(12-16)30-10-9-29-20)13-31-21-6-4-5-18-23(21)17(25)11-15(3)26-18;2-1-3/h4-8,11-12,14,19H,9-10,13H2,1-3H3,(H2,25,26)(H,27,28);/t19-;/m1./s1. The maximum atomic E-state index is 12.9. The summed E-state index contributed by atoms with van der Waals surface area (Å²) in [6.45, 7) is 7.29. The van der Waals surface area contributed by atoms with Gasteiger partial charge in [0.2, 0.25) is 0 Å². The molecule has 3 N–H and O–H groups in total. The zero-order valence-corrected chi connectivity index (χ0v) is 19.3. The summed E-state index contributed by atoms with van der Waals surface area (Å²) in [5.74, 6) is 1.87. The first-order valence-electron chi connectivity index (χ1n) is 10.8. The van der Waals surface area contributed by atoms with E-state index in [1.807, 2.05) is 45.0 Å². The predicted molar refractivity (Wildman–Crippen MR) is 125 cm³/mol. The molecule has 9 heteroatoms. The van der Waals surface area contributed by atoms with Gasteiger partial charge in [-0.25, -0.2) is 0 Å². The van der Waals surface area contributed by atoms with Crippen LogP contribution in [0.5, 0.6) is 17.2 Å². The van der Waals surface area contributed by atoms with Gasteiger partial charge in [-0.05, 0) is 49.2 Å². The number of nitrogens with zero attached hydrogens (tertiary/aromatic N) is 1. The van der Waals surface area contributed by atoms with Crippen molar-refractivity contribution in [3.8, 4) is 17.2 Å². The number of nitrogen functional groups attached to an aromatic ring is 1. The molecule has 178 valence electrons. The summed E-state index contributed by atoms with van der Waals surface area (Å²) in [6, 6.07) is 12.5. The molecule has 0 unspecified atom stereocenters. The second kappa shape index (κ2) is 11.2. The van der Waals surface area contributed by atoms with E-state index in [4.69, 9.17) is 29.5 Å². The van der Waals surface area contributed by atoms with Gasteiger partial charge < -0.3 is 25.3 Å². The zero-order chi connectivity index (χ0) is 24.7. The van der Waals surface area contributed by atoms with Crippen LogP contribution in [0.25, 0.3) is 10.9 Å². The molecule has 0 saturated carbocycles. The number of ether oxygens (including phenoxy) is 3. The Morgan fingerprint density at radius 2 is 1.85 bits per heavy atom. The van der Waals surface area contributed by atoms with Gasteiger partial charge in [-0.15, -0.1) is 0 Å². The number of nitrogens with one attached hydrogen (secondary N) is 1. The molecule has 4 rings (SSSR count). The van der Waals surface area contributed by atoms with Crippen LogP contribution in [-0.4, -0.2) is 42.9 Å². The average Bonchev–Trinajstić information content (AvgIpc) is 2.81. The van der Waals surface area contributed by atoms with Crippen molar-refractivity contribution < 1.29 is 28.6 Å². The van der Waals surface area contributed by atoms with Crippen molar-refractivity contribution in [2.24, 2.45) is 5.92 Å². The predicted octanol–water partition coefficient (Wildman–Crippen LogP) is 3.15. The van der Waals surface area contributed by atoms with Crippen molar-refractivity contribution in [3.63, 3.8) is 0 Å². The van der Waals surface area contributed by atoms with Crippen molar-refractivity contribution in [2.75, 3.05) is 25.6 Å².